The summed E-state index contributed by atoms with van der Waals surface area (Å²) in [5, 5.41) is 6.17. The number of carbonyl (C=O) groups excluding carboxylic acids is 1. The number of amides is 1. The Balaban J connectivity index is 1.67. The van der Waals surface area contributed by atoms with E-state index in [-0.39, 0.29) is 11.8 Å². The van der Waals surface area contributed by atoms with Crippen molar-refractivity contribution in [3.05, 3.63) is 10.4 Å². The van der Waals surface area contributed by atoms with E-state index in [0.717, 1.165) is 0 Å². The highest BCUT2D eigenvalue weighted by atomic mass is 16.2. The number of hydrogen-bond acceptors (Lipinski definition) is 2. The predicted molar refractivity (Wildman–Crippen MR) is 51.3 cm³/mol. The van der Waals surface area contributed by atoms with Crippen molar-refractivity contribution in [1.29, 1.82) is 0 Å². The lowest BCUT2D eigenvalue weighted by molar-refractivity contribution is -0.123. The second kappa shape index (κ2) is 3.88. The summed E-state index contributed by atoms with van der Waals surface area (Å²) in [7, 11) is 0. The van der Waals surface area contributed by atoms with Crippen molar-refractivity contribution in [2.75, 3.05) is 13.1 Å². The number of rotatable bonds is 4. The molecule has 2 atom stereocenters. The quantitative estimate of drug-likeness (QED) is 0.312. The van der Waals surface area contributed by atoms with Crippen molar-refractivity contribution in [2.45, 2.75) is 19.3 Å². The van der Waals surface area contributed by atoms with E-state index in [1.807, 2.05) is 0 Å². The monoisotopic (exact) mass is 194 g/mol. The molecule has 0 aromatic carbocycles. The van der Waals surface area contributed by atoms with Gasteiger partial charge in [-0.1, -0.05) is 11.5 Å². The van der Waals surface area contributed by atoms with Gasteiger partial charge in [-0.2, -0.15) is 0 Å². The van der Waals surface area contributed by atoms with Crippen LogP contribution in [-0.4, -0.2) is 19.0 Å². The molecule has 0 spiro atoms. The van der Waals surface area contributed by atoms with Crippen LogP contribution in [0.1, 0.15) is 19.3 Å². The van der Waals surface area contributed by atoms with E-state index >= 15 is 0 Å². The van der Waals surface area contributed by atoms with Crippen LogP contribution in [0, 0.1) is 17.8 Å². The number of carbonyl (C=O) groups is 1. The SMILES string of the molecule is [N-]=[N+]=NCCNC(=O)C1C2CCCC21. The first-order valence-electron chi connectivity index (χ1n) is 5.13. The molecule has 1 amide bonds. The highest BCUT2D eigenvalue weighted by Crippen LogP contribution is 2.57. The molecule has 1 N–H and O–H groups in total. The zero-order chi connectivity index (χ0) is 9.97. The van der Waals surface area contributed by atoms with Crippen LogP contribution in [0.15, 0.2) is 5.11 Å². The molecule has 2 aliphatic rings. The Morgan fingerprint density at radius 2 is 2.21 bits per heavy atom. The van der Waals surface area contributed by atoms with Gasteiger partial charge in [-0.3, -0.25) is 4.79 Å². The van der Waals surface area contributed by atoms with Gasteiger partial charge in [0.25, 0.3) is 0 Å². The largest absolute Gasteiger partial charge is 0.356 e. The summed E-state index contributed by atoms with van der Waals surface area (Å²) in [5.41, 5.74) is 8.03. The van der Waals surface area contributed by atoms with Crippen LogP contribution >= 0.6 is 0 Å². The standard InChI is InChI=1S/C9H14N4O/c10-13-12-5-4-11-9(14)8-6-2-1-3-7(6)8/h6-8H,1-5H2,(H,11,14). The van der Waals surface area contributed by atoms with Crippen LogP contribution in [0.2, 0.25) is 0 Å². The van der Waals surface area contributed by atoms with Crippen LogP contribution in [0.4, 0.5) is 0 Å². The molecule has 0 aromatic heterocycles. The average molecular weight is 194 g/mol. The minimum absolute atomic E-state index is 0.160. The molecule has 0 heterocycles. The molecule has 0 saturated heterocycles. The van der Waals surface area contributed by atoms with Gasteiger partial charge in [-0.15, -0.1) is 0 Å². The third kappa shape index (κ3) is 1.68. The van der Waals surface area contributed by atoms with Gasteiger partial charge < -0.3 is 5.32 Å². The van der Waals surface area contributed by atoms with Crippen LogP contribution in [0.3, 0.4) is 0 Å². The van der Waals surface area contributed by atoms with Gasteiger partial charge in [0, 0.05) is 23.9 Å². The Morgan fingerprint density at radius 1 is 1.50 bits per heavy atom. The first kappa shape index (κ1) is 9.34. The van der Waals surface area contributed by atoms with E-state index < -0.39 is 0 Å². The van der Waals surface area contributed by atoms with Crippen LogP contribution < -0.4 is 5.32 Å². The Morgan fingerprint density at radius 3 is 2.86 bits per heavy atom. The summed E-state index contributed by atoms with van der Waals surface area (Å²) in [4.78, 5) is 14.2. The molecule has 2 unspecified atom stereocenters. The number of fused-ring (bicyclic) bond motifs is 1. The van der Waals surface area contributed by atoms with Crippen molar-refractivity contribution >= 4 is 5.91 Å². The molecule has 0 bridgehead atoms. The van der Waals surface area contributed by atoms with Crippen molar-refractivity contribution in [1.82, 2.24) is 5.32 Å². The lowest BCUT2D eigenvalue weighted by Crippen LogP contribution is -2.28. The number of hydrogen-bond donors (Lipinski definition) is 1. The zero-order valence-electron chi connectivity index (χ0n) is 8.02. The maximum absolute atomic E-state index is 11.5. The normalized spacial score (nSPS) is 33.0. The van der Waals surface area contributed by atoms with Gasteiger partial charge >= 0.3 is 0 Å². The third-order valence-electron chi connectivity index (χ3n) is 3.28. The van der Waals surface area contributed by atoms with E-state index in [4.69, 9.17) is 5.53 Å². The molecule has 2 saturated carbocycles. The van der Waals surface area contributed by atoms with Crippen LogP contribution in [-0.2, 0) is 4.79 Å². The Kier molecular flexibility index (Phi) is 2.59. The zero-order valence-corrected chi connectivity index (χ0v) is 8.02. The van der Waals surface area contributed by atoms with Gasteiger partial charge in [0.15, 0.2) is 0 Å². The van der Waals surface area contributed by atoms with Crippen molar-refractivity contribution < 1.29 is 4.79 Å². The topological polar surface area (TPSA) is 77.9 Å². The minimum atomic E-state index is 0.160. The molecule has 2 aliphatic carbocycles. The van der Waals surface area contributed by atoms with E-state index in [9.17, 15) is 4.79 Å². The number of azide groups is 1. The average Bonchev–Trinajstić information content (AvgIpc) is 2.67. The van der Waals surface area contributed by atoms with E-state index in [2.05, 4.69) is 15.3 Å². The minimum Gasteiger partial charge on any atom is -0.356 e. The van der Waals surface area contributed by atoms with Crippen LogP contribution in [0.5, 0.6) is 0 Å². The number of nitrogens with zero attached hydrogens (tertiary/aromatic N) is 3. The molecule has 5 heteroatoms. The third-order valence-corrected chi connectivity index (χ3v) is 3.28. The van der Waals surface area contributed by atoms with E-state index in [0.29, 0.717) is 24.9 Å². The van der Waals surface area contributed by atoms with E-state index in [1.165, 1.54) is 19.3 Å². The maximum atomic E-state index is 11.5. The summed E-state index contributed by atoms with van der Waals surface area (Å²) in [6, 6.07) is 0. The molecule has 14 heavy (non-hydrogen) atoms. The van der Waals surface area contributed by atoms with Gasteiger partial charge in [-0.25, -0.2) is 0 Å². The molecular weight excluding hydrogens is 180 g/mol. The van der Waals surface area contributed by atoms with Gasteiger partial charge in [0.1, 0.15) is 0 Å². The fourth-order valence-electron chi connectivity index (χ4n) is 2.60. The summed E-state index contributed by atoms with van der Waals surface area (Å²) < 4.78 is 0. The predicted octanol–water partition coefficient (Wildman–Crippen LogP) is 1.46. The highest BCUT2D eigenvalue weighted by molar-refractivity contribution is 5.82. The van der Waals surface area contributed by atoms with Crippen molar-refractivity contribution in [3.63, 3.8) is 0 Å². The first-order chi connectivity index (χ1) is 6.84. The molecule has 0 radical (unpaired) electrons. The molecular formula is C9H14N4O. The Labute approximate surface area is 82.5 Å². The molecule has 2 fully saturated rings. The van der Waals surface area contributed by atoms with Crippen molar-refractivity contribution in [3.8, 4) is 0 Å². The maximum Gasteiger partial charge on any atom is 0.223 e. The second-order valence-corrected chi connectivity index (χ2v) is 4.03. The second-order valence-electron chi connectivity index (χ2n) is 4.03. The molecule has 0 aliphatic heterocycles. The summed E-state index contributed by atoms with van der Waals surface area (Å²) in [5.74, 6) is 1.76. The Hall–Kier alpha value is -1.22. The summed E-state index contributed by atoms with van der Waals surface area (Å²) >= 11 is 0. The molecule has 5 nitrogen and oxygen atoms in total. The fourth-order valence-corrected chi connectivity index (χ4v) is 2.60. The van der Waals surface area contributed by atoms with Gasteiger partial charge in [0.05, 0.1) is 0 Å². The smallest absolute Gasteiger partial charge is 0.223 e. The first-order valence-corrected chi connectivity index (χ1v) is 5.13. The van der Waals surface area contributed by atoms with Gasteiger partial charge in [-0.05, 0) is 30.2 Å². The van der Waals surface area contributed by atoms with Gasteiger partial charge in [0.2, 0.25) is 5.91 Å². The summed E-state index contributed by atoms with van der Waals surface area (Å²) in [6.45, 7) is 0.823. The van der Waals surface area contributed by atoms with Crippen molar-refractivity contribution in [2.24, 2.45) is 22.9 Å². The Bertz CT molecular complexity index is 275. The number of nitrogens with one attached hydrogen (secondary N) is 1. The molecule has 2 rings (SSSR count). The van der Waals surface area contributed by atoms with Crippen LogP contribution in [0.25, 0.3) is 10.4 Å². The fraction of sp³-hybridized carbons (Fsp3) is 0.889. The highest BCUT2D eigenvalue weighted by Gasteiger charge is 2.56. The molecule has 76 valence electrons. The lowest BCUT2D eigenvalue weighted by Gasteiger charge is -2.04. The lowest BCUT2D eigenvalue weighted by atomic mass is 10.1. The summed E-state index contributed by atoms with van der Waals surface area (Å²) in [6.07, 6.45) is 3.73. The molecule has 0 aromatic rings. The van der Waals surface area contributed by atoms with E-state index in [1.54, 1.807) is 0 Å².